The molecule has 5 nitrogen and oxygen atoms in total. The Morgan fingerprint density at radius 1 is 1.19 bits per heavy atom. The zero-order valence-corrected chi connectivity index (χ0v) is 15.2. The maximum absolute atomic E-state index is 12.9. The van der Waals surface area contributed by atoms with Crippen molar-refractivity contribution in [1.29, 1.82) is 0 Å². The fraction of sp³-hybridized carbons (Fsp3) is 0.250. The van der Waals surface area contributed by atoms with Gasteiger partial charge in [-0.2, -0.15) is 0 Å². The molecule has 2 N–H and O–H groups in total. The summed E-state index contributed by atoms with van der Waals surface area (Å²) in [5.74, 6) is -0.143. The number of nitrogens with zero attached hydrogens (tertiary/aromatic N) is 1. The number of aromatic nitrogens is 2. The number of rotatable bonds is 3. The number of nitrogens with one attached hydrogen (secondary N) is 2. The van der Waals surface area contributed by atoms with Crippen molar-refractivity contribution >= 4 is 29.0 Å². The van der Waals surface area contributed by atoms with E-state index in [9.17, 15) is 9.59 Å². The highest BCUT2D eigenvalue weighted by atomic mass is 32.1. The summed E-state index contributed by atoms with van der Waals surface area (Å²) in [7, 11) is 1.63. The maximum atomic E-state index is 12.9. The van der Waals surface area contributed by atoms with Crippen molar-refractivity contribution in [2.24, 2.45) is 7.05 Å². The van der Waals surface area contributed by atoms with Crippen LogP contribution in [0, 0.1) is 4.77 Å². The SMILES string of the molecule is Cn1c(=S)[nH]c2cc(C(=O)NC3(c4ccccc4)CCC3)ccc2c1=O. The highest BCUT2D eigenvalue weighted by molar-refractivity contribution is 7.71. The Hall–Kier alpha value is -2.73. The van der Waals surface area contributed by atoms with Crippen LogP contribution in [-0.4, -0.2) is 15.5 Å². The van der Waals surface area contributed by atoms with E-state index < -0.39 is 0 Å². The lowest BCUT2D eigenvalue weighted by Gasteiger charge is -2.43. The minimum absolute atomic E-state index is 0.143. The van der Waals surface area contributed by atoms with E-state index in [1.807, 2.05) is 18.2 Å². The number of hydrogen-bond acceptors (Lipinski definition) is 3. The molecular formula is C20H19N3O2S. The van der Waals surface area contributed by atoms with Crippen molar-refractivity contribution in [2.45, 2.75) is 24.8 Å². The molecule has 0 saturated heterocycles. The third-order valence-electron chi connectivity index (χ3n) is 5.25. The highest BCUT2D eigenvalue weighted by Crippen LogP contribution is 2.41. The molecule has 132 valence electrons. The van der Waals surface area contributed by atoms with Crippen LogP contribution >= 0.6 is 12.2 Å². The van der Waals surface area contributed by atoms with Gasteiger partial charge in [0.25, 0.3) is 11.5 Å². The summed E-state index contributed by atoms with van der Waals surface area (Å²) in [6.07, 6.45) is 2.95. The van der Waals surface area contributed by atoms with Crippen LogP contribution in [0.25, 0.3) is 10.9 Å². The van der Waals surface area contributed by atoms with Crippen molar-refractivity contribution in [2.75, 3.05) is 0 Å². The standard InChI is InChI=1S/C20H19N3O2S/c1-23-18(25)15-9-8-13(12-16(15)21-19(23)26)17(24)22-20(10-5-11-20)14-6-3-2-4-7-14/h2-4,6-9,12H,5,10-11H2,1H3,(H,21,26)(H,22,24). The normalized spacial score (nSPS) is 15.4. The van der Waals surface area contributed by atoms with E-state index in [1.54, 1.807) is 25.2 Å². The minimum Gasteiger partial charge on any atom is -0.343 e. The molecule has 3 aromatic rings. The van der Waals surface area contributed by atoms with Crippen molar-refractivity contribution in [3.63, 3.8) is 0 Å². The number of H-pyrrole nitrogens is 1. The lowest BCUT2D eigenvalue weighted by molar-refractivity contribution is 0.0823. The summed E-state index contributed by atoms with van der Waals surface area (Å²) in [5, 5.41) is 3.72. The van der Waals surface area contributed by atoms with Gasteiger partial charge >= 0.3 is 0 Å². The van der Waals surface area contributed by atoms with Crippen LogP contribution in [0.4, 0.5) is 0 Å². The summed E-state index contributed by atoms with van der Waals surface area (Å²) in [6.45, 7) is 0. The largest absolute Gasteiger partial charge is 0.343 e. The lowest BCUT2D eigenvalue weighted by atomic mass is 9.71. The van der Waals surface area contributed by atoms with Crippen LogP contribution in [0.2, 0.25) is 0 Å². The first kappa shape index (κ1) is 16.7. The van der Waals surface area contributed by atoms with Gasteiger partial charge in [0.15, 0.2) is 4.77 Å². The van der Waals surface area contributed by atoms with Crippen LogP contribution in [0.3, 0.4) is 0 Å². The van der Waals surface area contributed by atoms with Gasteiger partial charge in [-0.25, -0.2) is 0 Å². The molecule has 1 saturated carbocycles. The molecule has 0 radical (unpaired) electrons. The molecule has 0 spiro atoms. The second-order valence-corrected chi connectivity index (χ2v) is 7.20. The monoisotopic (exact) mass is 365 g/mol. The molecule has 0 unspecified atom stereocenters. The minimum atomic E-state index is -0.299. The molecule has 0 atom stereocenters. The molecule has 1 heterocycles. The fourth-order valence-electron chi connectivity index (χ4n) is 3.51. The van der Waals surface area contributed by atoms with Gasteiger partial charge in [-0.15, -0.1) is 0 Å². The van der Waals surface area contributed by atoms with Crippen molar-refractivity contribution in [3.05, 3.63) is 74.8 Å². The third kappa shape index (κ3) is 2.66. The number of benzene rings is 2. The van der Waals surface area contributed by atoms with Crippen molar-refractivity contribution in [3.8, 4) is 0 Å². The van der Waals surface area contributed by atoms with Gasteiger partial charge in [-0.05, 0) is 55.2 Å². The molecule has 1 fully saturated rings. The van der Waals surface area contributed by atoms with E-state index in [4.69, 9.17) is 12.2 Å². The quantitative estimate of drug-likeness (QED) is 0.699. The molecule has 26 heavy (non-hydrogen) atoms. The number of aromatic amines is 1. The second-order valence-electron chi connectivity index (χ2n) is 6.81. The smallest absolute Gasteiger partial charge is 0.261 e. The number of carbonyl (C=O) groups excluding carboxylic acids is 1. The molecule has 1 aliphatic carbocycles. The first-order valence-corrected chi connectivity index (χ1v) is 9.02. The van der Waals surface area contributed by atoms with Crippen LogP contribution < -0.4 is 10.9 Å². The average Bonchev–Trinajstić information content (AvgIpc) is 2.63. The second kappa shape index (κ2) is 6.21. The molecule has 1 amide bonds. The van der Waals surface area contributed by atoms with E-state index >= 15 is 0 Å². The van der Waals surface area contributed by atoms with E-state index in [0.29, 0.717) is 21.2 Å². The van der Waals surface area contributed by atoms with Gasteiger partial charge in [0, 0.05) is 12.6 Å². The molecule has 0 aliphatic heterocycles. The summed E-state index contributed by atoms with van der Waals surface area (Å²) >= 11 is 5.16. The fourth-order valence-corrected chi connectivity index (χ4v) is 3.70. The number of fused-ring (bicyclic) bond motifs is 1. The summed E-state index contributed by atoms with van der Waals surface area (Å²) in [5.41, 5.74) is 1.75. The Kier molecular flexibility index (Phi) is 4.00. The Labute approximate surface area is 155 Å². The van der Waals surface area contributed by atoms with E-state index in [0.717, 1.165) is 24.8 Å². The van der Waals surface area contributed by atoms with Gasteiger partial charge in [0.1, 0.15) is 0 Å². The average molecular weight is 365 g/mol. The molecule has 0 bridgehead atoms. The van der Waals surface area contributed by atoms with E-state index in [-0.39, 0.29) is 17.0 Å². The van der Waals surface area contributed by atoms with E-state index in [1.165, 1.54) is 4.57 Å². The van der Waals surface area contributed by atoms with Crippen LogP contribution in [0.5, 0.6) is 0 Å². The highest BCUT2D eigenvalue weighted by Gasteiger charge is 2.40. The zero-order valence-electron chi connectivity index (χ0n) is 14.4. The van der Waals surface area contributed by atoms with Crippen molar-refractivity contribution < 1.29 is 4.79 Å². The van der Waals surface area contributed by atoms with Gasteiger partial charge < -0.3 is 10.3 Å². The molecule has 4 rings (SSSR count). The van der Waals surface area contributed by atoms with Crippen molar-refractivity contribution in [1.82, 2.24) is 14.9 Å². The van der Waals surface area contributed by atoms with Gasteiger partial charge in [0.05, 0.1) is 16.4 Å². The summed E-state index contributed by atoms with van der Waals surface area (Å²) < 4.78 is 1.72. The van der Waals surface area contributed by atoms with E-state index in [2.05, 4.69) is 22.4 Å². The Bertz CT molecular complexity index is 1110. The summed E-state index contributed by atoms with van der Waals surface area (Å²) in [6, 6.07) is 15.1. The van der Waals surface area contributed by atoms with Gasteiger partial charge in [-0.3, -0.25) is 14.2 Å². The molecule has 1 aliphatic rings. The number of hydrogen-bond donors (Lipinski definition) is 2. The molecule has 6 heteroatoms. The summed E-state index contributed by atoms with van der Waals surface area (Å²) in [4.78, 5) is 28.2. The van der Waals surface area contributed by atoms with Crippen LogP contribution in [0.1, 0.15) is 35.2 Å². The van der Waals surface area contributed by atoms with Gasteiger partial charge in [-0.1, -0.05) is 30.3 Å². The Morgan fingerprint density at radius 3 is 2.58 bits per heavy atom. The molecule has 2 aromatic carbocycles. The first-order chi connectivity index (χ1) is 12.5. The Morgan fingerprint density at radius 2 is 1.92 bits per heavy atom. The predicted octanol–water partition coefficient (Wildman–Crippen LogP) is 3.41. The van der Waals surface area contributed by atoms with Crippen LogP contribution in [0.15, 0.2) is 53.3 Å². The maximum Gasteiger partial charge on any atom is 0.261 e. The molecular weight excluding hydrogens is 346 g/mol. The third-order valence-corrected chi connectivity index (χ3v) is 5.63. The first-order valence-electron chi connectivity index (χ1n) is 8.61. The predicted molar refractivity (Wildman–Crippen MR) is 104 cm³/mol. The number of amides is 1. The molecule has 1 aromatic heterocycles. The van der Waals surface area contributed by atoms with Gasteiger partial charge in [0.2, 0.25) is 0 Å². The Balaban J connectivity index is 1.69. The van der Waals surface area contributed by atoms with Crippen LogP contribution in [-0.2, 0) is 12.6 Å². The zero-order chi connectivity index (χ0) is 18.3. The topological polar surface area (TPSA) is 66.9 Å². The number of carbonyl (C=O) groups is 1. The lowest BCUT2D eigenvalue weighted by Crippen LogP contribution is -2.50.